The monoisotopic (exact) mass is 394 g/mol. The van der Waals surface area contributed by atoms with Crippen LogP contribution in [0.4, 0.5) is 10.6 Å². The Morgan fingerprint density at radius 1 is 1.29 bits per heavy atom. The molecule has 2 amide bonds. The van der Waals surface area contributed by atoms with E-state index in [9.17, 15) is 4.79 Å². The molecule has 0 radical (unpaired) electrons. The number of anilines is 1. The minimum absolute atomic E-state index is 0.0874. The van der Waals surface area contributed by atoms with Crippen molar-refractivity contribution in [1.29, 1.82) is 0 Å². The summed E-state index contributed by atoms with van der Waals surface area (Å²) >= 11 is 1.76. The smallest absolute Gasteiger partial charge is 0.322 e. The Bertz CT molecular complexity index is 964. The number of amides is 2. The largest absolute Gasteiger partial charge is 0.323 e. The highest BCUT2D eigenvalue weighted by atomic mass is 32.2. The van der Waals surface area contributed by atoms with E-state index in [0.29, 0.717) is 11.9 Å². The van der Waals surface area contributed by atoms with Crippen LogP contribution in [0.5, 0.6) is 0 Å². The first kappa shape index (κ1) is 19.0. The number of fused-ring (bicyclic) bond motifs is 1. The molecule has 0 bridgehead atoms. The van der Waals surface area contributed by atoms with Gasteiger partial charge in [-0.3, -0.25) is 5.32 Å². The molecule has 1 atom stereocenters. The van der Waals surface area contributed by atoms with Crippen molar-refractivity contribution in [3.63, 3.8) is 0 Å². The number of carbonyl (C=O) groups excluding carboxylic acids is 1. The number of rotatable bonds is 4. The van der Waals surface area contributed by atoms with Gasteiger partial charge in [0.05, 0.1) is 4.75 Å². The van der Waals surface area contributed by atoms with Gasteiger partial charge < -0.3 is 9.80 Å². The van der Waals surface area contributed by atoms with Crippen molar-refractivity contribution in [2.45, 2.75) is 24.6 Å². The lowest BCUT2D eigenvalue weighted by Crippen LogP contribution is -2.53. The number of likely N-dealkylation sites (N-methyl/N-ethyl adjacent to an activating group) is 1. The zero-order valence-electron chi connectivity index (χ0n) is 16.6. The topological polar surface area (TPSA) is 48.5 Å². The first-order valence-electron chi connectivity index (χ1n) is 9.58. The van der Waals surface area contributed by atoms with Crippen molar-refractivity contribution < 1.29 is 4.79 Å². The van der Waals surface area contributed by atoms with E-state index in [1.807, 2.05) is 11.0 Å². The average Bonchev–Trinajstić information content (AvgIpc) is 3.39. The van der Waals surface area contributed by atoms with Gasteiger partial charge in [0, 0.05) is 42.2 Å². The van der Waals surface area contributed by atoms with Crippen LogP contribution in [0.1, 0.15) is 19.4 Å². The van der Waals surface area contributed by atoms with Gasteiger partial charge in [-0.15, -0.1) is 11.8 Å². The maximum Gasteiger partial charge on any atom is 0.323 e. The lowest BCUT2D eigenvalue weighted by molar-refractivity contribution is 0.125. The summed E-state index contributed by atoms with van der Waals surface area (Å²) in [4.78, 5) is 22.2. The Morgan fingerprint density at radius 3 is 2.79 bits per heavy atom. The zero-order valence-corrected chi connectivity index (χ0v) is 17.4. The van der Waals surface area contributed by atoms with Crippen LogP contribution < -0.4 is 5.32 Å². The summed E-state index contributed by atoms with van der Waals surface area (Å²) in [5.41, 5.74) is 1.10. The van der Waals surface area contributed by atoms with Crippen LogP contribution in [0.2, 0.25) is 0 Å². The molecule has 2 aliphatic rings. The van der Waals surface area contributed by atoms with Crippen LogP contribution >= 0.6 is 11.8 Å². The number of nitrogens with one attached hydrogen (secondary N) is 1. The second-order valence-corrected chi connectivity index (χ2v) is 9.46. The standard InChI is InChI=1S/C22H26N4OS/c1-15-14-26(10-9-25(15)4)21(27)24-20-12-19-11-17(5-6-18(19)13-23-20)16(2)28-22(3)7-8-22/h5-8,11-13,15H,2,9-10,14H2,1,3-4H3,(H,23,24,27)/t15-/m1/s1. The number of urea groups is 1. The van der Waals surface area contributed by atoms with Gasteiger partial charge in [-0.25, -0.2) is 9.78 Å². The average molecular weight is 395 g/mol. The number of hydrogen-bond donors (Lipinski definition) is 1. The lowest BCUT2D eigenvalue weighted by Gasteiger charge is -2.37. The zero-order chi connectivity index (χ0) is 19.9. The number of pyridine rings is 1. The third-order valence-corrected chi connectivity index (χ3v) is 6.70. The van der Waals surface area contributed by atoms with E-state index < -0.39 is 0 Å². The van der Waals surface area contributed by atoms with Gasteiger partial charge in [0.1, 0.15) is 5.82 Å². The Morgan fingerprint density at radius 2 is 2.07 bits per heavy atom. The maximum absolute atomic E-state index is 12.6. The molecular weight excluding hydrogens is 368 g/mol. The molecule has 1 N–H and O–H groups in total. The number of carbonyl (C=O) groups is 1. The van der Waals surface area contributed by atoms with E-state index in [0.717, 1.165) is 40.9 Å². The number of aromatic nitrogens is 1. The molecule has 28 heavy (non-hydrogen) atoms. The SMILES string of the molecule is C=C(SC1(C)C=C1)c1ccc2cnc(NC(=O)N3CCN(C)[C@H](C)C3)cc2c1. The predicted octanol–water partition coefficient (Wildman–Crippen LogP) is 4.44. The number of piperazine rings is 1. The van der Waals surface area contributed by atoms with E-state index in [2.05, 4.69) is 73.0 Å². The molecular formula is C22H26N4OS. The van der Waals surface area contributed by atoms with Gasteiger partial charge in [0.25, 0.3) is 0 Å². The molecule has 1 aromatic heterocycles. The van der Waals surface area contributed by atoms with Gasteiger partial charge in [0.15, 0.2) is 0 Å². The molecule has 1 aliphatic carbocycles. The molecule has 4 rings (SSSR count). The van der Waals surface area contributed by atoms with Crippen LogP contribution in [-0.2, 0) is 0 Å². The molecule has 0 saturated carbocycles. The van der Waals surface area contributed by atoms with Crippen LogP contribution in [0.3, 0.4) is 0 Å². The van der Waals surface area contributed by atoms with E-state index in [4.69, 9.17) is 0 Å². The molecule has 2 aromatic rings. The maximum atomic E-state index is 12.6. The summed E-state index contributed by atoms with van der Waals surface area (Å²) in [7, 11) is 2.09. The van der Waals surface area contributed by atoms with Crippen molar-refractivity contribution in [1.82, 2.24) is 14.8 Å². The highest BCUT2D eigenvalue weighted by molar-refractivity contribution is 8.10. The van der Waals surface area contributed by atoms with Crippen molar-refractivity contribution in [3.05, 3.63) is 54.8 Å². The van der Waals surface area contributed by atoms with Gasteiger partial charge in [-0.2, -0.15) is 0 Å². The Labute approximate surface area is 170 Å². The predicted molar refractivity (Wildman–Crippen MR) is 119 cm³/mol. The van der Waals surface area contributed by atoms with Gasteiger partial charge in [-0.1, -0.05) is 30.9 Å². The fraction of sp³-hybridized carbons (Fsp3) is 0.364. The molecule has 146 valence electrons. The molecule has 1 aliphatic heterocycles. The lowest BCUT2D eigenvalue weighted by atomic mass is 10.1. The quantitative estimate of drug-likeness (QED) is 0.779. The molecule has 1 aromatic carbocycles. The Balaban J connectivity index is 1.48. The van der Waals surface area contributed by atoms with Crippen LogP contribution in [0.25, 0.3) is 15.7 Å². The van der Waals surface area contributed by atoms with Crippen LogP contribution in [0, 0.1) is 0 Å². The third kappa shape index (κ3) is 4.08. The number of hydrogen-bond acceptors (Lipinski definition) is 4. The van der Waals surface area contributed by atoms with Crippen molar-refractivity contribution in [3.8, 4) is 0 Å². The van der Waals surface area contributed by atoms with E-state index >= 15 is 0 Å². The molecule has 0 unspecified atom stereocenters. The summed E-state index contributed by atoms with van der Waals surface area (Å²) in [5.74, 6) is 0.579. The molecule has 5 nitrogen and oxygen atoms in total. The third-order valence-electron chi connectivity index (χ3n) is 5.50. The summed E-state index contributed by atoms with van der Waals surface area (Å²) in [5, 5.41) is 5.05. The second kappa shape index (κ2) is 7.26. The normalized spacial score (nSPS) is 21.0. The first-order chi connectivity index (χ1) is 13.3. The number of nitrogens with zero attached hydrogens (tertiary/aromatic N) is 3. The van der Waals surface area contributed by atoms with Gasteiger partial charge in [-0.05, 0) is 44.0 Å². The van der Waals surface area contributed by atoms with Crippen LogP contribution in [-0.4, -0.2) is 58.3 Å². The van der Waals surface area contributed by atoms with E-state index in [-0.39, 0.29) is 10.8 Å². The number of thioether (sulfide) groups is 1. The number of benzene rings is 1. The fourth-order valence-corrected chi connectivity index (χ4v) is 4.29. The molecule has 2 heterocycles. The Hall–Kier alpha value is -2.31. The molecule has 1 saturated heterocycles. The van der Waals surface area contributed by atoms with Crippen molar-refractivity contribution in [2.75, 3.05) is 32.0 Å². The first-order valence-corrected chi connectivity index (χ1v) is 10.4. The molecule has 1 fully saturated rings. The minimum Gasteiger partial charge on any atom is -0.322 e. The highest BCUT2D eigenvalue weighted by Gasteiger charge is 2.29. The summed E-state index contributed by atoms with van der Waals surface area (Å²) < 4.78 is 0.114. The highest BCUT2D eigenvalue weighted by Crippen LogP contribution is 2.46. The Kier molecular flexibility index (Phi) is 4.93. The summed E-state index contributed by atoms with van der Waals surface area (Å²) in [6, 6.07) is 8.46. The molecule has 6 heteroatoms. The van der Waals surface area contributed by atoms with Crippen molar-refractivity contribution in [2.24, 2.45) is 0 Å². The summed E-state index contributed by atoms with van der Waals surface area (Å²) in [6.07, 6.45) is 6.17. The van der Waals surface area contributed by atoms with Gasteiger partial charge >= 0.3 is 6.03 Å². The minimum atomic E-state index is -0.0874. The fourth-order valence-electron chi connectivity index (χ4n) is 3.31. The summed E-state index contributed by atoms with van der Waals surface area (Å²) in [6.45, 7) is 10.9. The van der Waals surface area contributed by atoms with E-state index in [1.165, 1.54) is 0 Å². The van der Waals surface area contributed by atoms with Gasteiger partial charge in [0.2, 0.25) is 0 Å². The molecule has 0 spiro atoms. The van der Waals surface area contributed by atoms with E-state index in [1.54, 1.807) is 18.0 Å². The second-order valence-electron chi connectivity index (χ2n) is 7.88. The van der Waals surface area contributed by atoms with Crippen LogP contribution in [0.15, 0.2) is 49.2 Å². The van der Waals surface area contributed by atoms with Crippen molar-refractivity contribution >= 4 is 39.3 Å².